The molecule has 2 rings (SSSR count). The van der Waals surface area contributed by atoms with Gasteiger partial charge in [0, 0.05) is 17.0 Å². The third-order valence-corrected chi connectivity index (χ3v) is 2.74. The SMILES string of the molecule is Brc1cccc([C@H]2CCOC2)c1. The summed E-state index contributed by atoms with van der Waals surface area (Å²) >= 11 is 3.47. The van der Waals surface area contributed by atoms with Gasteiger partial charge in [-0.25, -0.2) is 0 Å². The first-order valence-corrected chi connectivity index (χ1v) is 4.99. The van der Waals surface area contributed by atoms with Gasteiger partial charge in [0.05, 0.1) is 6.61 Å². The molecule has 64 valence electrons. The summed E-state index contributed by atoms with van der Waals surface area (Å²) in [5, 5.41) is 0. The van der Waals surface area contributed by atoms with Crippen molar-refractivity contribution in [3.63, 3.8) is 0 Å². The van der Waals surface area contributed by atoms with Gasteiger partial charge in [0.2, 0.25) is 0 Å². The smallest absolute Gasteiger partial charge is 0.0535 e. The first kappa shape index (κ1) is 8.27. The van der Waals surface area contributed by atoms with E-state index >= 15 is 0 Å². The van der Waals surface area contributed by atoms with Crippen molar-refractivity contribution < 1.29 is 4.74 Å². The second-order valence-corrected chi connectivity index (χ2v) is 4.03. The summed E-state index contributed by atoms with van der Waals surface area (Å²) in [4.78, 5) is 0. The molecule has 0 saturated carbocycles. The molecule has 0 N–H and O–H groups in total. The van der Waals surface area contributed by atoms with E-state index in [0.29, 0.717) is 5.92 Å². The molecule has 0 spiro atoms. The monoisotopic (exact) mass is 226 g/mol. The Balaban J connectivity index is 2.21. The van der Waals surface area contributed by atoms with E-state index in [1.54, 1.807) is 0 Å². The third kappa shape index (κ3) is 1.70. The molecule has 1 atom stereocenters. The maximum atomic E-state index is 5.34. The van der Waals surface area contributed by atoms with Crippen LogP contribution in [0.2, 0.25) is 0 Å². The molecule has 1 fully saturated rings. The molecule has 1 heterocycles. The van der Waals surface area contributed by atoms with Gasteiger partial charge in [-0.05, 0) is 24.1 Å². The molecule has 0 unspecified atom stereocenters. The highest BCUT2D eigenvalue weighted by molar-refractivity contribution is 9.10. The minimum Gasteiger partial charge on any atom is -0.381 e. The van der Waals surface area contributed by atoms with Gasteiger partial charge in [-0.2, -0.15) is 0 Å². The maximum Gasteiger partial charge on any atom is 0.0535 e. The fourth-order valence-corrected chi connectivity index (χ4v) is 1.97. The van der Waals surface area contributed by atoms with Crippen molar-refractivity contribution in [3.05, 3.63) is 34.3 Å². The van der Waals surface area contributed by atoms with Gasteiger partial charge in [-0.15, -0.1) is 0 Å². The molecule has 0 amide bonds. The Bertz CT molecular complexity index is 266. The summed E-state index contributed by atoms with van der Waals surface area (Å²) in [6.45, 7) is 1.80. The Morgan fingerprint density at radius 3 is 3.00 bits per heavy atom. The van der Waals surface area contributed by atoms with Gasteiger partial charge in [0.1, 0.15) is 0 Å². The van der Waals surface area contributed by atoms with Crippen molar-refractivity contribution >= 4 is 15.9 Å². The second-order valence-electron chi connectivity index (χ2n) is 3.12. The third-order valence-electron chi connectivity index (χ3n) is 2.25. The Morgan fingerprint density at radius 2 is 2.33 bits per heavy atom. The summed E-state index contributed by atoms with van der Waals surface area (Å²) in [7, 11) is 0. The van der Waals surface area contributed by atoms with Crippen LogP contribution in [-0.4, -0.2) is 13.2 Å². The van der Waals surface area contributed by atoms with Crippen LogP contribution in [0.25, 0.3) is 0 Å². The highest BCUT2D eigenvalue weighted by atomic mass is 79.9. The molecule has 0 bridgehead atoms. The number of hydrogen-bond acceptors (Lipinski definition) is 1. The molecule has 1 aliphatic rings. The van der Waals surface area contributed by atoms with Gasteiger partial charge in [0.25, 0.3) is 0 Å². The maximum absolute atomic E-state index is 5.34. The van der Waals surface area contributed by atoms with Crippen molar-refractivity contribution in [2.45, 2.75) is 12.3 Å². The number of ether oxygens (including phenoxy) is 1. The highest BCUT2D eigenvalue weighted by Crippen LogP contribution is 2.26. The molecule has 12 heavy (non-hydrogen) atoms. The van der Waals surface area contributed by atoms with Crippen LogP contribution in [0.1, 0.15) is 17.9 Å². The van der Waals surface area contributed by atoms with E-state index in [4.69, 9.17) is 4.74 Å². The van der Waals surface area contributed by atoms with E-state index in [1.807, 2.05) is 0 Å². The van der Waals surface area contributed by atoms with Crippen molar-refractivity contribution in [1.29, 1.82) is 0 Å². The van der Waals surface area contributed by atoms with Crippen molar-refractivity contribution in [1.82, 2.24) is 0 Å². The highest BCUT2D eigenvalue weighted by Gasteiger charge is 2.17. The molecular formula is C10H11BrO. The molecule has 1 aliphatic heterocycles. The number of hydrogen-bond donors (Lipinski definition) is 0. The summed E-state index contributed by atoms with van der Waals surface area (Å²) in [5.41, 5.74) is 1.39. The quantitative estimate of drug-likeness (QED) is 0.716. The van der Waals surface area contributed by atoms with Crippen LogP contribution < -0.4 is 0 Å². The lowest BCUT2D eigenvalue weighted by Gasteiger charge is -2.07. The van der Waals surface area contributed by atoms with Crippen LogP contribution in [0, 0.1) is 0 Å². The van der Waals surface area contributed by atoms with Gasteiger partial charge in [-0.3, -0.25) is 0 Å². The van der Waals surface area contributed by atoms with Gasteiger partial charge in [0.15, 0.2) is 0 Å². The molecule has 1 nitrogen and oxygen atoms in total. The lowest BCUT2D eigenvalue weighted by atomic mass is 9.99. The van der Waals surface area contributed by atoms with Crippen molar-refractivity contribution in [2.24, 2.45) is 0 Å². The predicted octanol–water partition coefficient (Wildman–Crippen LogP) is 2.95. The van der Waals surface area contributed by atoms with Crippen LogP contribution in [0.5, 0.6) is 0 Å². The van der Waals surface area contributed by atoms with Crippen LogP contribution in [0.15, 0.2) is 28.7 Å². The average molecular weight is 227 g/mol. The number of rotatable bonds is 1. The first-order chi connectivity index (χ1) is 5.86. The van der Waals surface area contributed by atoms with Gasteiger partial charge < -0.3 is 4.74 Å². The zero-order valence-electron chi connectivity index (χ0n) is 6.79. The molecule has 1 saturated heterocycles. The van der Waals surface area contributed by atoms with Gasteiger partial charge in [-0.1, -0.05) is 28.1 Å². The zero-order valence-corrected chi connectivity index (χ0v) is 8.38. The normalized spacial score (nSPS) is 22.9. The summed E-state index contributed by atoms with van der Waals surface area (Å²) in [5.74, 6) is 0.613. The summed E-state index contributed by atoms with van der Waals surface area (Å²) in [6.07, 6.45) is 1.16. The van der Waals surface area contributed by atoms with E-state index in [1.165, 1.54) is 5.56 Å². The minimum atomic E-state index is 0.613. The summed E-state index contributed by atoms with van der Waals surface area (Å²) in [6, 6.07) is 8.49. The molecule has 0 aliphatic carbocycles. The van der Waals surface area contributed by atoms with Crippen molar-refractivity contribution in [3.8, 4) is 0 Å². The lowest BCUT2D eigenvalue weighted by Crippen LogP contribution is -1.96. The Kier molecular flexibility index (Phi) is 2.47. The van der Waals surface area contributed by atoms with E-state index in [0.717, 1.165) is 24.1 Å². The number of benzene rings is 1. The van der Waals surface area contributed by atoms with Crippen LogP contribution in [-0.2, 0) is 4.74 Å². The van der Waals surface area contributed by atoms with Crippen LogP contribution in [0.3, 0.4) is 0 Å². The number of halogens is 1. The molecule has 2 heteroatoms. The molecule has 1 aromatic carbocycles. The largest absolute Gasteiger partial charge is 0.381 e. The Morgan fingerprint density at radius 1 is 1.42 bits per heavy atom. The Labute approximate surface area is 80.9 Å². The van der Waals surface area contributed by atoms with E-state index in [9.17, 15) is 0 Å². The van der Waals surface area contributed by atoms with E-state index < -0.39 is 0 Å². The first-order valence-electron chi connectivity index (χ1n) is 4.19. The Hall–Kier alpha value is -0.340. The van der Waals surface area contributed by atoms with Gasteiger partial charge >= 0.3 is 0 Å². The zero-order chi connectivity index (χ0) is 8.39. The van der Waals surface area contributed by atoms with Crippen LogP contribution in [0.4, 0.5) is 0 Å². The molecule has 0 radical (unpaired) electrons. The van der Waals surface area contributed by atoms with E-state index in [2.05, 4.69) is 40.2 Å². The summed E-state index contributed by atoms with van der Waals surface area (Å²) < 4.78 is 6.50. The minimum absolute atomic E-state index is 0.613. The fourth-order valence-electron chi connectivity index (χ4n) is 1.56. The lowest BCUT2D eigenvalue weighted by molar-refractivity contribution is 0.194. The second kappa shape index (κ2) is 3.58. The topological polar surface area (TPSA) is 9.23 Å². The van der Waals surface area contributed by atoms with Crippen LogP contribution >= 0.6 is 15.9 Å². The average Bonchev–Trinajstić information content (AvgIpc) is 2.56. The standard InChI is InChI=1S/C10H11BrO/c11-10-3-1-2-8(6-10)9-4-5-12-7-9/h1-3,6,9H,4-5,7H2/t9-/m0/s1. The molecule has 0 aromatic heterocycles. The molecule has 1 aromatic rings. The fraction of sp³-hybridized carbons (Fsp3) is 0.400. The van der Waals surface area contributed by atoms with Crippen molar-refractivity contribution in [2.75, 3.05) is 13.2 Å². The predicted molar refractivity (Wildman–Crippen MR) is 52.3 cm³/mol. The molecular weight excluding hydrogens is 216 g/mol. The van der Waals surface area contributed by atoms with E-state index in [-0.39, 0.29) is 0 Å².